The number of nitrogens with one attached hydrogen (secondary N) is 2. The molecule has 2 aromatic carbocycles. The number of aryl methyl sites for hydroxylation is 2. The molecule has 0 bridgehead atoms. The molecule has 0 atom stereocenters. The summed E-state index contributed by atoms with van der Waals surface area (Å²) >= 11 is 0. The standard InChI is InChI=1S/C38H47F3N4O4/c1-5-45(29-8-14-48-15-9-29)33-21-28(19-30(26(33)4)35(46)42-22-31-24(2)18-25(3)43-36(31)47)27-6-7-32-34(20-27)44(13-10-38(39,40)41)23-37(32)11-16-49-17-12-37/h6-7,18-21,29H,5,8-17,22-23H2,1-4H3,(H,42,46)(H,43,47). The van der Waals surface area contributed by atoms with Gasteiger partial charge in [0.1, 0.15) is 0 Å². The zero-order chi connectivity index (χ0) is 34.9. The van der Waals surface area contributed by atoms with Gasteiger partial charge in [0.05, 0.1) is 6.42 Å². The summed E-state index contributed by atoms with van der Waals surface area (Å²) in [6.07, 6.45) is -1.88. The predicted molar refractivity (Wildman–Crippen MR) is 186 cm³/mol. The third-order valence-corrected chi connectivity index (χ3v) is 10.7. The fourth-order valence-electron chi connectivity index (χ4n) is 7.99. The minimum absolute atomic E-state index is 0.0789. The Bertz CT molecular complexity index is 1740. The zero-order valence-electron chi connectivity index (χ0n) is 28.9. The highest BCUT2D eigenvalue weighted by atomic mass is 19.4. The van der Waals surface area contributed by atoms with E-state index in [2.05, 4.69) is 34.3 Å². The number of fused-ring (bicyclic) bond motifs is 2. The first kappa shape index (κ1) is 35.0. The summed E-state index contributed by atoms with van der Waals surface area (Å²) in [6, 6.07) is 12.2. The third kappa shape index (κ3) is 7.38. The fourth-order valence-corrected chi connectivity index (χ4v) is 7.99. The van der Waals surface area contributed by atoms with Gasteiger partial charge in [-0.1, -0.05) is 12.1 Å². The van der Waals surface area contributed by atoms with Crippen molar-refractivity contribution in [2.24, 2.45) is 0 Å². The Morgan fingerprint density at radius 3 is 2.41 bits per heavy atom. The van der Waals surface area contributed by atoms with Crippen molar-refractivity contribution >= 4 is 17.3 Å². The summed E-state index contributed by atoms with van der Waals surface area (Å²) in [5.41, 5.74) is 7.41. The van der Waals surface area contributed by atoms with Gasteiger partial charge < -0.3 is 29.6 Å². The molecule has 3 aromatic rings. The molecule has 0 saturated carbocycles. The number of alkyl halides is 3. The van der Waals surface area contributed by atoms with Crippen molar-refractivity contribution in [3.8, 4) is 11.1 Å². The second kappa shape index (κ2) is 14.2. The van der Waals surface area contributed by atoms with Crippen LogP contribution in [-0.4, -0.2) is 69.2 Å². The van der Waals surface area contributed by atoms with E-state index >= 15 is 0 Å². The van der Waals surface area contributed by atoms with Crippen molar-refractivity contribution < 1.29 is 27.4 Å². The van der Waals surface area contributed by atoms with Crippen molar-refractivity contribution in [1.29, 1.82) is 0 Å². The summed E-state index contributed by atoms with van der Waals surface area (Å²) < 4.78 is 51.6. The van der Waals surface area contributed by atoms with Gasteiger partial charge in [-0.05, 0) is 105 Å². The van der Waals surface area contributed by atoms with Crippen LogP contribution in [0.2, 0.25) is 0 Å². The van der Waals surface area contributed by atoms with Crippen LogP contribution >= 0.6 is 0 Å². The Morgan fingerprint density at radius 2 is 1.73 bits per heavy atom. The number of hydrogen-bond donors (Lipinski definition) is 2. The second-order valence-corrected chi connectivity index (χ2v) is 13.8. The number of benzene rings is 2. The molecule has 3 aliphatic rings. The number of nitrogens with zero attached hydrogens (tertiary/aromatic N) is 2. The third-order valence-electron chi connectivity index (χ3n) is 10.7. The minimum Gasteiger partial charge on any atom is -0.381 e. The first-order valence-corrected chi connectivity index (χ1v) is 17.4. The average Bonchev–Trinajstić information content (AvgIpc) is 3.36. The molecule has 49 heavy (non-hydrogen) atoms. The summed E-state index contributed by atoms with van der Waals surface area (Å²) in [7, 11) is 0. The van der Waals surface area contributed by atoms with Crippen LogP contribution in [0.4, 0.5) is 24.5 Å². The number of hydrogen-bond acceptors (Lipinski definition) is 6. The maximum atomic E-state index is 14.0. The summed E-state index contributed by atoms with van der Waals surface area (Å²) in [4.78, 5) is 33.7. The van der Waals surface area contributed by atoms with Gasteiger partial charge in [-0.3, -0.25) is 9.59 Å². The first-order chi connectivity index (χ1) is 23.4. The lowest BCUT2D eigenvalue weighted by atomic mass is 9.75. The molecule has 2 saturated heterocycles. The molecule has 1 aromatic heterocycles. The lowest BCUT2D eigenvalue weighted by Crippen LogP contribution is -2.40. The fraction of sp³-hybridized carbons (Fsp3) is 0.526. The number of amides is 1. The lowest BCUT2D eigenvalue weighted by molar-refractivity contribution is -0.132. The normalized spacial score (nSPS) is 17.7. The Hall–Kier alpha value is -3.83. The van der Waals surface area contributed by atoms with Gasteiger partial charge >= 0.3 is 6.18 Å². The molecule has 4 heterocycles. The Balaban J connectivity index is 1.41. The van der Waals surface area contributed by atoms with Crippen molar-refractivity contribution in [3.63, 3.8) is 0 Å². The maximum Gasteiger partial charge on any atom is 0.390 e. The molecule has 1 amide bonds. The van der Waals surface area contributed by atoms with Gasteiger partial charge in [-0.15, -0.1) is 0 Å². The first-order valence-electron chi connectivity index (χ1n) is 17.4. The van der Waals surface area contributed by atoms with Crippen LogP contribution in [0, 0.1) is 20.8 Å². The van der Waals surface area contributed by atoms with Gasteiger partial charge in [0.2, 0.25) is 0 Å². The number of halogens is 3. The van der Waals surface area contributed by atoms with Gasteiger partial charge in [0, 0.05) is 92.3 Å². The van der Waals surface area contributed by atoms with E-state index in [1.165, 1.54) is 0 Å². The quantitative estimate of drug-likeness (QED) is 0.261. The summed E-state index contributed by atoms with van der Waals surface area (Å²) in [5.74, 6) is -0.294. The van der Waals surface area contributed by atoms with Crippen LogP contribution in [0.1, 0.15) is 77.3 Å². The molecule has 264 valence electrons. The van der Waals surface area contributed by atoms with Crippen LogP contribution in [0.3, 0.4) is 0 Å². The highest BCUT2D eigenvalue weighted by molar-refractivity contribution is 5.99. The lowest BCUT2D eigenvalue weighted by Gasteiger charge is -2.37. The minimum atomic E-state index is -4.26. The van der Waals surface area contributed by atoms with E-state index in [4.69, 9.17) is 9.47 Å². The number of aromatic amines is 1. The molecule has 2 N–H and O–H groups in total. The molecule has 1 spiro atoms. The topological polar surface area (TPSA) is 86.9 Å². The van der Waals surface area contributed by atoms with E-state index in [0.29, 0.717) is 44.1 Å². The Morgan fingerprint density at radius 1 is 1.02 bits per heavy atom. The van der Waals surface area contributed by atoms with Crippen LogP contribution in [0.15, 0.2) is 41.2 Å². The molecule has 0 aliphatic carbocycles. The number of rotatable bonds is 9. The van der Waals surface area contributed by atoms with E-state index in [9.17, 15) is 22.8 Å². The molecule has 3 aliphatic heterocycles. The summed E-state index contributed by atoms with van der Waals surface area (Å²) in [6.45, 7) is 11.5. The van der Waals surface area contributed by atoms with E-state index in [0.717, 1.165) is 77.1 Å². The summed E-state index contributed by atoms with van der Waals surface area (Å²) in [5, 5.41) is 2.99. The van der Waals surface area contributed by atoms with Crippen LogP contribution in [0.5, 0.6) is 0 Å². The van der Waals surface area contributed by atoms with Crippen molar-refractivity contribution in [2.45, 2.75) is 84.0 Å². The molecule has 0 radical (unpaired) electrons. The van der Waals surface area contributed by atoms with Crippen molar-refractivity contribution in [1.82, 2.24) is 10.3 Å². The zero-order valence-corrected chi connectivity index (χ0v) is 28.9. The van der Waals surface area contributed by atoms with Crippen molar-refractivity contribution in [3.05, 3.63) is 80.3 Å². The number of pyridine rings is 1. The Labute approximate surface area is 286 Å². The molecule has 0 unspecified atom stereocenters. The number of aromatic nitrogens is 1. The average molecular weight is 681 g/mol. The van der Waals surface area contributed by atoms with E-state index in [1.807, 2.05) is 49.9 Å². The number of ether oxygens (including phenoxy) is 2. The second-order valence-electron chi connectivity index (χ2n) is 13.8. The number of H-pyrrole nitrogens is 1. The van der Waals surface area contributed by atoms with E-state index in [-0.39, 0.29) is 36.0 Å². The molecular formula is C38H47F3N4O4. The molecule has 6 rings (SSSR count). The highest BCUT2D eigenvalue weighted by Gasteiger charge is 2.44. The van der Waals surface area contributed by atoms with Crippen LogP contribution < -0.4 is 20.7 Å². The molecule has 2 fully saturated rings. The highest BCUT2D eigenvalue weighted by Crippen LogP contribution is 2.48. The van der Waals surface area contributed by atoms with Gasteiger partial charge in [-0.25, -0.2) is 0 Å². The SMILES string of the molecule is CCN(c1cc(-c2ccc3c(c2)N(CCC(F)(F)F)CC32CCOCC2)cc(C(=O)NCc2c(C)cc(C)[nH]c2=O)c1C)C1CCOCC1. The Kier molecular flexibility index (Phi) is 10.1. The largest absolute Gasteiger partial charge is 0.390 e. The number of anilines is 2. The number of carbonyl (C=O) groups excluding carboxylic acids is 1. The van der Waals surface area contributed by atoms with Gasteiger partial charge in [0.25, 0.3) is 11.5 Å². The van der Waals surface area contributed by atoms with Gasteiger partial charge in [-0.2, -0.15) is 13.2 Å². The molecular weight excluding hydrogens is 633 g/mol. The maximum absolute atomic E-state index is 14.0. The number of carbonyl (C=O) groups is 1. The smallest absolute Gasteiger partial charge is 0.381 e. The predicted octanol–water partition coefficient (Wildman–Crippen LogP) is 6.72. The van der Waals surface area contributed by atoms with E-state index < -0.39 is 12.6 Å². The van der Waals surface area contributed by atoms with Crippen LogP contribution in [-0.2, 0) is 21.4 Å². The molecule has 8 nitrogen and oxygen atoms in total. The van der Waals surface area contributed by atoms with Gasteiger partial charge in [0.15, 0.2) is 0 Å². The van der Waals surface area contributed by atoms with E-state index in [1.54, 1.807) is 0 Å². The monoisotopic (exact) mass is 680 g/mol. The van der Waals surface area contributed by atoms with Crippen LogP contribution in [0.25, 0.3) is 11.1 Å². The van der Waals surface area contributed by atoms with Crippen molar-refractivity contribution in [2.75, 3.05) is 55.9 Å². The molecule has 11 heteroatoms.